The summed E-state index contributed by atoms with van der Waals surface area (Å²) in [5, 5.41) is 109. The minimum absolute atomic E-state index is 0.609. The highest BCUT2D eigenvalue weighted by Gasteiger charge is 2.51. The molecule has 3 saturated heterocycles. The minimum Gasteiger partial charge on any atom is -0.394 e. The molecule has 16 heteroatoms. The van der Waals surface area contributed by atoms with Crippen LogP contribution in [0.5, 0.6) is 0 Å². The summed E-state index contributed by atoms with van der Waals surface area (Å²) in [5.41, 5.74) is 0. The van der Waals surface area contributed by atoms with Gasteiger partial charge in [-0.1, -0.05) is 0 Å². The monoisotopic (exact) mass is 504 g/mol. The molecule has 0 aliphatic carbocycles. The van der Waals surface area contributed by atoms with Crippen molar-refractivity contribution in [3.05, 3.63) is 0 Å². The van der Waals surface area contributed by atoms with Gasteiger partial charge in [0.05, 0.1) is 19.8 Å². The van der Waals surface area contributed by atoms with Crippen molar-refractivity contribution >= 4 is 0 Å². The first-order valence-corrected chi connectivity index (χ1v) is 10.6. The van der Waals surface area contributed by atoms with E-state index in [-0.39, 0.29) is 0 Å². The number of hydrogen-bond donors (Lipinski definition) is 11. The molecular weight excluding hydrogens is 472 g/mol. The molecule has 0 unspecified atom stereocenters. The van der Waals surface area contributed by atoms with Crippen LogP contribution in [0.3, 0.4) is 0 Å². The maximum Gasteiger partial charge on any atom is 0.187 e. The third-order valence-corrected chi connectivity index (χ3v) is 6.07. The molecule has 3 aliphatic heterocycles. The van der Waals surface area contributed by atoms with E-state index in [1.54, 1.807) is 0 Å². The standard InChI is InChI=1S/C18H32O16/c19-1-4-7(21)10(24)12(26)17(32-4)30-3-6-9(23)15(14(28)16(29)31-6)34-18-13(27)11(25)8(22)5(2-20)33-18/h4-29H,1-3H2/t4-,5-,6-,7-,8+,9-,10+,11+,12+,13-,14+,15+,16+,17+,18-/m1/s1. The molecule has 0 aromatic rings. The van der Waals surface area contributed by atoms with Gasteiger partial charge in [-0.05, 0) is 0 Å². The summed E-state index contributed by atoms with van der Waals surface area (Å²) in [6.45, 7) is -2.06. The zero-order valence-corrected chi connectivity index (χ0v) is 17.7. The Balaban J connectivity index is 1.65. The van der Waals surface area contributed by atoms with Gasteiger partial charge in [-0.25, -0.2) is 0 Å². The van der Waals surface area contributed by atoms with Gasteiger partial charge < -0.3 is 79.9 Å². The molecular formula is C18H32O16. The van der Waals surface area contributed by atoms with Crippen molar-refractivity contribution in [3.63, 3.8) is 0 Å². The second kappa shape index (κ2) is 11.6. The highest BCUT2D eigenvalue weighted by Crippen LogP contribution is 2.29. The second-order valence-electron chi connectivity index (χ2n) is 8.37. The number of rotatable bonds is 7. The first-order valence-electron chi connectivity index (χ1n) is 10.6. The van der Waals surface area contributed by atoms with Crippen LogP contribution in [0.1, 0.15) is 0 Å². The summed E-state index contributed by atoms with van der Waals surface area (Å²) in [6, 6.07) is 0. The van der Waals surface area contributed by atoms with Gasteiger partial charge in [-0.3, -0.25) is 0 Å². The largest absolute Gasteiger partial charge is 0.394 e. The molecule has 200 valence electrons. The average molecular weight is 504 g/mol. The van der Waals surface area contributed by atoms with Gasteiger partial charge >= 0.3 is 0 Å². The smallest absolute Gasteiger partial charge is 0.187 e. The third kappa shape index (κ3) is 5.52. The number of aliphatic hydroxyl groups is 11. The van der Waals surface area contributed by atoms with Crippen molar-refractivity contribution in [2.45, 2.75) is 92.1 Å². The van der Waals surface area contributed by atoms with Crippen molar-refractivity contribution in [1.29, 1.82) is 0 Å². The van der Waals surface area contributed by atoms with Gasteiger partial charge in [-0.2, -0.15) is 0 Å². The van der Waals surface area contributed by atoms with Crippen LogP contribution in [0.4, 0.5) is 0 Å². The topological polar surface area (TPSA) is 269 Å². The lowest BCUT2D eigenvalue weighted by Crippen LogP contribution is -2.65. The molecule has 15 atom stereocenters. The van der Waals surface area contributed by atoms with Crippen LogP contribution in [-0.4, -0.2) is 168 Å². The van der Waals surface area contributed by atoms with Crippen molar-refractivity contribution < 1.29 is 79.9 Å². The van der Waals surface area contributed by atoms with Crippen LogP contribution in [-0.2, 0) is 23.7 Å². The van der Waals surface area contributed by atoms with E-state index in [0.29, 0.717) is 0 Å². The third-order valence-electron chi connectivity index (χ3n) is 6.07. The molecule has 0 aromatic heterocycles. The van der Waals surface area contributed by atoms with E-state index in [1.807, 2.05) is 0 Å². The average Bonchev–Trinajstić information content (AvgIpc) is 2.82. The highest BCUT2D eigenvalue weighted by molar-refractivity contribution is 4.94. The Morgan fingerprint density at radius 1 is 0.500 bits per heavy atom. The Bertz CT molecular complexity index is 637. The normalized spacial score (nSPS) is 52.5. The minimum atomic E-state index is -1.93. The zero-order valence-electron chi connectivity index (χ0n) is 17.7. The van der Waals surface area contributed by atoms with E-state index in [2.05, 4.69) is 0 Å². The fourth-order valence-corrected chi connectivity index (χ4v) is 3.94. The Labute approximate surface area is 192 Å². The molecule has 34 heavy (non-hydrogen) atoms. The van der Waals surface area contributed by atoms with Gasteiger partial charge in [0.15, 0.2) is 18.9 Å². The van der Waals surface area contributed by atoms with Gasteiger partial charge in [-0.15, -0.1) is 0 Å². The molecule has 0 aromatic carbocycles. The summed E-state index contributed by atoms with van der Waals surface area (Å²) < 4.78 is 26.1. The van der Waals surface area contributed by atoms with Crippen molar-refractivity contribution in [3.8, 4) is 0 Å². The maximum atomic E-state index is 10.6. The molecule has 16 nitrogen and oxygen atoms in total. The van der Waals surface area contributed by atoms with E-state index in [9.17, 15) is 56.2 Å². The SMILES string of the molecule is OC[C@H]1O[C@H](O[C@@H]2[C@H](O)[C@@H](O)O[C@H](CO[C@H]3O[C@H](CO)[C@@H](O)[C@H](O)[C@@H]3O)[C@H]2O)[C@H](O)[C@@H](O)[C@H]1O. The zero-order chi connectivity index (χ0) is 25.3. The van der Waals surface area contributed by atoms with Gasteiger partial charge in [0.1, 0.15) is 73.2 Å². The lowest BCUT2D eigenvalue weighted by atomic mass is 9.97. The Kier molecular flexibility index (Phi) is 9.54. The number of aliphatic hydroxyl groups excluding tert-OH is 11. The van der Waals surface area contributed by atoms with Crippen molar-refractivity contribution in [2.75, 3.05) is 19.8 Å². The Morgan fingerprint density at radius 2 is 1.00 bits per heavy atom. The predicted octanol–water partition coefficient (Wildman–Crippen LogP) is -7.57. The van der Waals surface area contributed by atoms with E-state index in [4.69, 9.17) is 23.7 Å². The number of hydrogen-bond acceptors (Lipinski definition) is 16. The van der Waals surface area contributed by atoms with Crippen LogP contribution in [0.15, 0.2) is 0 Å². The molecule has 3 fully saturated rings. The lowest BCUT2D eigenvalue weighted by Gasteiger charge is -2.45. The molecule has 0 saturated carbocycles. The summed E-state index contributed by atoms with van der Waals surface area (Å²) in [7, 11) is 0. The quantitative estimate of drug-likeness (QED) is 0.154. The van der Waals surface area contributed by atoms with E-state index in [1.165, 1.54) is 0 Å². The highest BCUT2D eigenvalue weighted by atomic mass is 16.7. The molecule has 3 rings (SSSR count). The van der Waals surface area contributed by atoms with E-state index in [0.717, 1.165) is 0 Å². The molecule has 0 radical (unpaired) electrons. The lowest BCUT2D eigenvalue weighted by molar-refractivity contribution is -0.361. The number of ether oxygens (including phenoxy) is 5. The van der Waals surface area contributed by atoms with Crippen molar-refractivity contribution in [2.24, 2.45) is 0 Å². The predicted molar refractivity (Wildman–Crippen MR) is 101 cm³/mol. The Hall–Kier alpha value is -0.640. The van der Waals surface area contributed by atoms with Crippen molar-refractivity contribution in [1.82, 2.24) is 0 Å². The second-order valence-corrected chi connectivity index (χ2v) is 8.37. The molecule has 11 N–H and O–H groups in total. The first-order chi connectivity index (χ1) is 16.0. The van der Waals surface area contributed by atoms with Crippen LogP contribution < -0.4 is 0 Å². The maximum absolute atomic E-state index is 10.6. The van der Waals surface area contributed by atoms with Crippen LogP contribution in [0.2, 0.25) is 0 Å². The molecule has 3 heterocycles. The summed E-state index contributed by atoms with van der Waals surface area (Å²) in [4.78, 5) is 0. The summed E-state index contributed by atoms with van der Waals surface area (Å²) in [6.07, 6.45) is -24.9. The first kappa shape index (κ1) is 27.9. The van der Waals surface area contributed by atoms with Crippen LogP contribution in [0, 0.1) is 0 Å². The summed E-state index contributed by atoms with van der Waals surface area (Å²) in [5.74, 6) is 0. The summed E-state index contributed by atoms with van der Waals surface area (Å²) >= 11 is 0. The van der Waals surface area contributed by atoms with Crippen LogP contribution in [0.25, 0.3) is 0 Å². The molecule has 3 aliphatic rings. The molecule has 0 amide bonds. The molecule has 0 bridgehead atoms. The fraction of sp³-hybridized carbons (Fsp3) is 1.00. The fourth-order valence-electron chi connectivity index (χ4n) is 3.94. The Morgan fingerprint density at radius 3 is 1.53 bits per heavy atom. The van der Waals surface area contributed by atoms with Gasteiger partial charge in [0, 0.05) is 0 Å². The van der Waals surface area contributed by atoms with E-state index >= 15 is 0 Å². The van der Waals surface area contributed by atoms with E-state index < -0.39 is 112 Å². The van der Waals surface area contributed by atoms with Gasteiger partial charge in [0.25, 0.3) is 0 Å². The van der Waals surface area contributed by atoms with Gasteiger partial charge in [0.2, 0.25) is 0 Å². The van der Waals surface area contributed by atoms with Crippen LogP contribution >= 0.6 is 0 Å². The molecule has 0 spiro atoms.